The molecule has 3 N–H and O–H groups in total. The maximum absolute atomic E-state index is 12.2. The molecule has 1 aliphatic rings. The molecule has 1 aromatic heterocycles. The van der Waals surface area contributed by atoms with Crippen molar-refractivity contribution in [2.45, 2.75) is 18.8 Å². The number of ether oxygens (including phenoxy) is 1. The van der Waals surface area contributed by atoms with Gasteiger partial charge >= 0.3 is 12.1 Å². The van der Waals surface area contributed by atoms with Crippen molar-refractivity contribution in [2.24, 2.45) is 7.05 Å². The number of benzene rings is 2. The van der Waals surface area contributed by atoms with Crippen molar-refractivity contribution in [1.82, 2.24) is 15.1 Å². The zero-order valence-electron chi connectivity index (χ0n) is 18.1. The number of anilines is 1. The third-order valence-electron chi connectivity index (χ3n) is 5.51. The van der Waals surface area contributed by atoms with Gasteiger partial charge in [0.05, 0.1) is 0 Å². The molecule has 1 aliphatic carbocycles. The van der Waals surface area contributed by atoms with Gasteiger partial charge in [0, 0.05) is 32.1 Å². The number of hydrogen-bond donors (Lipinski definition) is 3. The summed E-state index contributed by atoms with van der Waals surface area (Å²) in [6.07, 6.45) is 1.23. The fraction of sp³-hybridized carbons (Fsp3) is 0.250. The predicted molar refractivity (Wildman–Crippen MR) is 121 cm³/mol. The number of carbonyl (C=O) groups is 3. The number of hydrogen-bond acceptors (Lipinski definition) is 5. The van der Waals surface area contributed by atoms with Gasteiger partial charge in [-0.25, -0.2) is 9.59 Å². The molecule has 9 nitrogen and oxygen atoms in total. The topological polar surface area (TPSA) is 123 Å². The van der Waals surface area contributed by atoms with Crippen molar-refractivity contribution in [3.63, 3.8) is 0 Å². The number of amides is 2. The first-order valence-corrected chi connectivity index (χ1v) is 10.6. The molecule has 0 bridgehead atoms. The van der Waals surface area contributed by atoms with Gasteiger partial charge in [-0.15, -0.1) is 0 Å². The molecular weight excluding hydrogens is 424 g/mol. The number of rotatable bonds is 8. The molecular formula is C24H24N4O5. The van der Waals surface area contributed by atoms with E-state index >= 15 is 0 Å². The monoisotopic (exact) mass is 448 g/mol. The largest absolute Gasteiger partial charge is 0.477 e. The average Bonchev–Trinajstić information content (AvgIpc) is 3.33. The van der Waals surface area contributed by atoms with E-state index < -0.39 is 12.1 Å². The van der Waals surface area contributed by atoms with Crippen LogP contribution >= 0.6 is 0 Å². The number of fused-ring (bicyclic) bond motifs is 3. The van der Waals surface area contributed by atoms with Gasteiger partial charge in [-0.05, 0) is 28.7 Å². The highest BCUT2D eigenvalue weighted by atomic mass is 16.5. The van der Waals surface area contributed by atoms with Gasteiger partial charge in [0.2, 0.25) is 5.91 Å². The molecule has 0 fully saturated rings. The number of carboxylic acids is 1. The number of carboxylic acid groups (broad SMARTS) is 1. The molecule has 33 heavy (non-hydrogen) atoms. The lowest BCUT2D eigenvalue weighted by Crippen LogP contribution is -2.27. The molecule has 0 unspecified atom stereocenters. The second kappa shape index (κ2) is 9.56. The van der Waals surface area contributed by atoms with E-state index in [1.165, 1.54) is 10.9 Å². The molecule has 2 aromatic carbocycles. The van der Waals surface area contributed by atoms with Crippen LogP contribution in [-0.2, 0) is 16.6 Å². The Labute approximate surface area is 190 Å². The Morgan fingerprint density at radius 3 is 2.33 bits per heavy atom. The van der Waals surface area contributed by atoms with Crippen LogP contribution in [0.15, 0.2) is 54.7 Å². The molecule has 3 aromatic rings. The minimum Gasteiger partial charge on any atom is -0.477 e. The number of aromatic nitrogens is 2. The van der Waals surface area contributed by atoms with E-state index in [0.717, 1.165) is 22.3 Å². The Bertz CT molecular complexity index is 1160. The van der Waals surface area contributed by atoms with Crippen molar-refractivity contribution >= 4 is 23.8 Å². The van der Waals surface area contributed by atoms with Gasteiger partial charge in [-0.3, -0.25) is 9.48 Å². The highest BCUT2D eigenvalue weighted by molar-refractivity contribution is 5.99. The van der Waals surface area contributed by atoms with Gasteiger partial charge in [0.15, 0.2) is 5.82 Å². The van der Waals surface area contributed by atoms with Gasteiger partial charge in [0.25, 0.3) is 0 Å². The maximum Gasteiger partial charge on any atom is 0.407 e. The second-order valence-corrected chi connectivity index (χ2v) is 7.77. The number of carbonyl (C=O) groups excluding carboxylic acids is 2. The first kappa shape index (κ1) is 22.1. The SMILES string of the molecule is Cn1cc(C(=O)O)c(NC(=O)CCCNC(=O)OCC2c3ccccc3-c3ccccc32)n1. The summed E-state index contributed by atoms with van der Waals surface area (Å²) in [5, 5.41) is 18.2. The van der Waals surface area contributed by atoms with Crippen LogP contribution in [0.1, 0.15) is 40.2 Å². The zero-order valence-corrected chi connectivity index (χ0v) is 18.1. The Balaban J connectivity index is 1.22. The quantitative estimate of drug-likeness (QED) is 0.454. The lowest BCUT2D eigenvalue weighted by atomic mass is 9.98. The Kier molecular flexibility index (Phi) is 6.39. The summed E-state index contributed by atoms with van der Waals surface area (Å²) < 4.78 is 6.78. The van der Waals surface area contributed by atoms with Crippen LogP contribution in [0, 0.1) is 0 Å². The normalized spacial score (nSPS) is 12.0. The van der Waals surface area contributed by atoms with E-state index in [4.69, 9.17) is 9.84 Å². The van der Waals surface area contributed by atoms with Crippen LogP contribution < -0.4 is 10.6 Å². The minimum atomic E-state index is -1.17. The fourth-order valence-corrected chi connectivity index (χ4v) is 4.02. The van der Waals surface area contributed by atoms with E-state index in [-0.39, 0.29) is 42.8 Å². The number of aromatic carboxylic acids is 1. The Hall–Kier alpha value is -4.14. The van der Waals surface area contributed by atoms with Crippen molar-refractivity contribution in [3.05, 3.63) is 71.4 Å². The van der Waals surface area contributed by atoms with E-state index in [0.29, 0.717) is 6.42 Å². The maximum atomic E-state index is 12.2. The second-order valence-electron chi connectivity index (χ2n) is 7.77. The molecule has 2 amide bonds. The summed E-state index contributed by atoms with van der Waals surface area (Å²) in [4.78, 5) is 35.4. The van der Waals surface area contributed by atoms with E-state index in [2.05, 4.69) is 40.0 Å². The van der Waals surface area contributed by atoms with Gasteiger partial charge in [-0.2, -0.15) is 5.10 Å². The average molecular weight is 448 g/mol. The lowest BCUT2D eigenvalue weighted by Gasteiger charge is -2.14. The van der Waals surface area contributed by atoms with Gasteiger partial charge < -0.3 is 20.5 Å². The summed E-state index contributed by atoms with van der Waals surface area (Å²) in [6, 6.07) is 16.2. The first-order chi connectivity index (χ1) is 15.9. The number of nitrogens with one attached hydrogen (secondary N) is 2. The van der Waals surface area contributed by atoms with Crippen LogP contribution in [0.3, 0.4) is 0 Å². The van der Waals surface area contributed by atoms with Crippen LogP contribution in [0.2, 0.25) is 0 Å². The standard InChI is InChI=1S/C24H24N4O5/c1-28-13-19(23(30)31)22(27-28)26-21(29)11-6-12-25-24(32)33-14-20-17-9-4-2-7-15(17)16-8-3-5-10-18(16)20/h2-5,7-10,13,20H,6,11-12,14H2,1H3,(H,25,32)(H,30,31)(H,26,27,29). The smallest absolute Gasteiger partial charge is 0.407 e. The van der Waals surface area contributed by atoms with Crippen LogP contribution in [0.4, 0.5) is 10.6 Å². The van der Waals surface area contributed by atoms with E-state index in [1.807, 2.05) is 24.3 Å². The lowest BCUT2D eigenvalue weighted by molar-refractivity contribution is -0.116. The van der Waals surface area contributed by atoms with E-state index in [1.54, 1.807) is 7.05 Å². The summed E-state index contributed by atoms with van der Waals surface area (Å²) in [5.74, 6) is -1.57. The van der Waals surface area contributed by atoms with Crippen LogP contribution in [0.5, 0.6) is 0 Å². The molecule has 0 atom stereocenters. The molecule has 9 heteroatoms. The fourth-order valence-electron chi connectivity index (χ4n) is 4.02. The third kappa shape index (κ3) is 4.87. The molecule has 0 saturated heterocycles. The number of alkyl carbamates (subject to hydrolysis) is 1. The summed E-state index contributed by atoms with van der Waals surface area (Å²) in [7, 11) is 1.57. The third-order valence-corrected chi connectivity index (χ3v) is 5.51. The van der Waals surface area contributed by atoms with Crippen LogP contribution in [-0.4, -0.2) is 46.0 Å². The summed E-state index contributed by atoms with van der Waals surface area (Å²) in [5.41, 5.74) is 4.51. The predicted octanol–water partition coefficient (Wildman–Crippen LogP) is 3.38. The Morgan fingerprint density at radius 1 is 1.06 bits per heavy atom. The molecule has 0 aliphatic heterocycles. The molecule has 0 spiro atoms. The van der Waals surface area contributed by atoms with Crippen LogP contribution in [0.25, 0.3) is 11.1 Å². The summed E-state index contributed by atoms with van der Waals surface area (Å²) >= 11 is 0. The molecule has 4 rings (SSSR count). The Morgan fingerprint density at radius 2 is 1.70 bits per heavy atom. The molecule has 0 saturated carbocycles. The van der Waals surface area contributed by atoms with Crippen molar-refractivity contribution in [3.8, 4) is 11.1 Å². The highest BCUT2D eigenvalue weighted by Crippen LogP contribution is 2.44. The number of aryl methyl sites for hydroxylation is 1. The van der Waals surface area contributed by atoms with E-state index in [9.17, 15) is 14.4 Å². The first-order valence-electron chi connectivity index (χ1n) is 10.6. The van der Waals surface area contributed by atoms with Crippen molar-refractivity contribution < 1.29 is 24.2 Å². The van der Waals surface area contributed by atoms with Gasteiger partial charge in [0.1, 0.15) is 12.2 Å². The van der Waals surface area contributed by atoms with Crippen molar-refractivity contribution in [1.29, 1.82) is 0 Å². The van der Waals surface area contributed by atoms with Gasteiger partial charge in [-0.1, -0.05) is 48.5 Å². The number of nitrogens with zero attached hydrogens (tertiary/aromatic N) is 2. The molecule has 0 radical (unpaired) electrons. The van der Waals surface area contributed by atoms with Crippen molar-refractivity contribution in [2.75, 3.05) is 18.5 Å². The minimum absolute atomic E-state index is 0.000468. The summed E-state index contributed by atoms with van der Waals surface area (Å²) in [6.45, 7) is 0.468. The molecule has 170 valence electrons. The molecule has 1 heterocycles. The zero-order chi connectivity index (χ0) is 23.4. The highest BCUT2D eigenvalue weighted by Gasteiger charge is 2.29.